The molecule has 0 aliphatic carbocycles. The van der Waals surface area contributed by atoms with Crippen LogP contribution in [-0.4, -0.2) is 9.79 Å². The fourth-order valence-electron chi connectivity index (χ4n) is 0.929. The Bertz CT molecular complexity index is 320. The lowest BCUT2D eigenvalue weighted by molar-refractivity contribution is 0.387. The second-order valence-corrected chi connectivity index (χ2v) is 4.22. The van der Waals surface area contributed by atoms with Crippen LogP contribution in [0.25, 0.3) is 0 Å². The highest BCUT2D eigenvalue weighted by atomic mass is 32.1. The predicted octanol–water partition coefficient (Wildman–Crippen LogP) is 0.919. The molecule has 5 heteroatoms. The lowest BCUT2D eigenvalue weighted by Crippen LogP contribution is -2.08. The van der Waals surface area contributed by atoms with E-state index in [1.807, 2.05) is 0 Å². The van der Waals surface area contributed by atoms with Crippen LogP contribution < -0.4 is 5.30 Å². The van der Waals surface area contributed by atoms with Gasteiger partial charge in [-0.25, -0.2) is 0 Å². The van der Waals surface area contributed by atoms with Crippen molar-refractivity contribution in [2.45, 2.75) is 5.75 Å². The van der Waals surface area contributed by atoms with Crippen molar-refractivity contribution in [2.75, 3.05) is 0 Å². The predicted molar refractivity (Wildman–Crippen MR) is 50.8 cm³/mol. The summed E-state index contributed by atoms with van der Waals surface area (Å²) in [6, 6.07) is 6.40. The third-order valence-corrected chi connectivity index (χ3v) is 2.88. The molecule has 66 valence electrons. The van der Waals surface area contributed by atoms with Crippen molar-refractivity contribution in [3.05, 3.63) is 29.8 Å². The molecule has 0 saturated heterocycles. The molecule has 0 heterocycles. The fourth-order valence-corrected chi connectivity index (χ4v) is 2.14. The Kier molecular flexibility index (Phi) is 2.96. The summed E-state index contributed by atoms with van der Waals surface area (Å²) in [5, 5.41) is 0.0694. The van der Waals surface area contributed by atoms with Crippen LogP contribution in [0.3, 0.4) is 0 Å². The molecule has 0 bridgehead atoms. The number of benzene rings is 1. The number of hydrogen-bond donors (Lipinski definition) is 3. The molecule has 1 rings (SSSR count). The monoisotopic (exact) mass is 204 g/mol. The summed E-state index contributed by atoms with van der Waals surface area (Å²) in [4.78, 5) is 17.8. The van der Waals surface area contributed by atoms with Gasteiger partial charge in [-0.2, -0.15) is 12.6 Å². The van der Waals surface area contributed by atoms with Crippen LogP contribution in [-0.2, 0) is 10.3 Å². The van der Waals surface area contributed by atoms with Crippen molar-refractivity contribution >= 4 is 25.5 Å². The lowest BCUT2D eigenvalue weighted by atomic mass is 10.2. The molecule has 0 spiro atoms. The zero-order valence-electron chi connectivity index (χ0n) is 6.21. The molecule has 0 aliphatic rings. The van der Waals surface area contributed by atoms with E-state index >= 15 is 0 Å². The first-order chi connectivity index (χ1) is 5.55. The fraction of sp³-hybridized carbons (Fsp3) is 0.143. The van der Waals surface area contributed by atoms with Crippen LogP contribution in [0.15, 0.2) is 24.3 Å². The van der Waals surface area contributed by atoms with Crippen LogP contribution in [0.4, 0.5) is 0 Å². The van der Waals surface area contributed by atoms with Gasteiger partial charge in [-0.3, -0.25) is 4.57 Å². The van der Waals surface area contributed by atoms with Gasteiger partial charge in [0.25, 0.3) is 0 Å². The average Bonchev–Trinajstić information content (AvgIpc) is 2.03. The third-order valence-electron chi connectivity index (χ3n) is 1.48. The van der Waals surface area contributed by atoms with Gasteiger partial charge in [-0.05, 0) is 11.6 Å². The molecule has 2 N–H and O–H groups in total. The minimum atomic E-state index is -4.12. The molecule has 0 amide bonds. The molecule has 0 aliphatic heterocycles. The molecular weight excluding hydrogens is 195 g/mol. The van der Waals surface area contributed by atoms with Gasteiger partial charge < -0.3 is 9.79 Å². The Balaban J connectivity index is 3.23. The van der Waals surface area contributed by atoms with Crippen molar-refractivity contribution in [1.82, 2.24) is 0 Å². The Morgan fingerprint density at radius 3 is 2.33 bits per heavy atom. The topological polar surface area (TPSA) is 57.5 Å². The van der Waals surface area contributed by atoms with Gasteiger partial charge in [0.2, 0.25) is 0 Å². The number of thiol groups is 1. The van der Waals surface area contributed by atoms with Crippen LogP contribution >= 0.6 is 20.2 Å². The first kappa shape index (κ1) is 9.81. The molecule has 1 aromatic rings. The molecule has 0 fully saturated rings. The van der Waals surface area contributed by atoms with Crippen molar-refractivity contribution in [3.8, 4) is 0 Å². The van der Waals surface area contributed by atoms with E-state index in [1.165, 1.54) is 6.07 Å². The van der Waals surface area contributed by atoms with Crippen LogP contribution in [0.1, 0.15) is 5.56 Å². The molecule has 0 atom stereocenters. The highest BCUT2D eigenvalue weighted by Gasteiger charge is 2.19. The average molecular weight is 204 g/mol. The highest BCUT2D eigenvalue weighted by Crippen LogP contribution is 2.34. The molecule has 12 heavy (non-hydrogen) atoms. The van der Waals surface area contributed by atoms with E-state index in [1.54, 1.807) is 18.2 Å². The van der Waals surface area contributed by atoms with Gasteiger partial charge >= 0.3 is 7.60 Å². The Labute approximate surface area is 76.0 Å². The number of hydrogen-bond acceptors (Lipinski definition) is 2. The summed E-state index contributed by atoms with van der Waals surface area (Å²) in [5.41, 5.74) is 0.578. The zero-order valence-corrected chi connectivity index (χ0v) is 8.00. The summed E-state index contributed by atoms with van der Waals surface area (Å²) in [6.07, 6.45) is 0. The summed E-state index contributed by atoms with van der Waals surface area (Å²) in [6.45, 7) is 0. The maximum Gasteiger partial charge on any atom is 0.356 e. The van der Waals surface area contributed by atoms with E-state index in [-0.39, 0.29) is 5.30 Å². The van der Waals surface area contributed by atoms with E-state index in [0.717, 1.165) is 0 Å². The maximum atomic E-state index is 10.9. The van der Waals surface area contributed by atoms with Gasteiger partial charge in [0.05, 0.1) is 5.30 Å². The smallest absolute Gasteiger partial charge is 0.321 e. The zero-order chi connectivity index (χ0) is 9.19. The van der Waals surface area contributed by atoms with E-state index in [2.05, 4.69) is 12.6 Å². The van der Waals surface area contributed by atoms with E-state index in [9.17, 15) is 4.57 Å². The second kappa shape index (κ2) is 3.62. The second-order valence-electron chi connectivity index (χ2n) is 2.33. The van der Waals surface area contributed by atoms with Crippen molar-refractivity contribution in [1.29, 1.82) is 0 Å². The van der Waals surface area contributed by atoms with Gasteiger partial charge in [0, 0.05) is 5.75 Å². The third kappa shape index (κ3) is 2.11. The van der Waals surface area contributed by atoms with Gasteiger partial charge in [0.15, 0.2) is 0 Å². The van der Waals surface area contributed by atoms with Gasteiger partial charge in [0.1, 0.15) is 0 Å². The Hall–Kier alpha value is -0.280. The molecule has 1 aromatic carbocycles. The minimum Gasteiger partial charge on any atom is -0.321 e. The largest absolute Gasteiger partial charge is 0.356 e. The van der Waals surface area contributed by atoms with Crippen LogP contribution in [0.2, 0.25) is 0 Å². The standard InChI is InChI=1S/C7H9O3PS/c8-11(9,10)7-4-2-1-3-6(7)5-12/h1-4,12H,5H2,(H2,8,9,10). The summed E-state index contributed by atoms with van der Waals surface area (Å²) >= 11 is 3.97. The van der Waals surface area contributed by atoms with Crippen molar-refractivity contribution in [3.63, 3.8) is 0 Å². The molecule has 0 unspecified atom stereocenters. The molecule has 0 saturated carbocycles. The molecule has 0 aromatic heterocycles. The molecule has 0 radical (unpaired) electrons. The minimum absolute atomic E-state index is 0.0694. The van der Waals surface area contributed by atoms with E-state index in [0.29, 0.717) is 11.3 Å². The molecule has 3 nitrogen and oxygen atoms in total. The first-order valence-electron chi connectivity index (χ1n) is 3.30. The number of rotatable bonds is 2. The summed E-state index contributed by atoms with van der Waals surface area (Å²) in [5.74, 6) is 0.335. The Morgan fingerprint density at radius 1 is 1.33 bits per heavy atom. The highest BCUT2D eigenvalue weighted by molar-refractivity contribution is 7.79. The maximum absolute atomic E-state index is 10.9. The first-order valence-corrected chi connectivity index (χ1v) is 5.55. The van der Waals surface area contributed by atoms with Gasteiger partial charge in [-0.15, -0.1) is 0 Å². The Morgan fingerprint density at radius 2 is 1.92 bits per heavy atom. The normalized spacial score (nSPS) is 11.6. The van der Waals surface area contributed by atoms with Crippen molar-refractivity contribution < 1.29 is 14.4 Å². The quantitative estimate of drug-likeness (QED) is 0.496. The van der Waals surface area contributed by atoms with E-state index < -0.39 is 7.60 Å². The van der Waals surface area contributed by atoms with E-state index in [4.69, 9.17) is 9.79 Å². The van der Waals surface area contributed by atoms with Crippen molar-refractivity contribution in [2.24, 2.45) is 0 Å². The SMILES string of the molecule is O=P(O)(O)c1ccccc1CS. The molecular formula is C7H9O3PS. The summed E-state index contributed by atoms with van der Waals surface area (Å²) in [7, 11) is -4.12. The lowest BCUT2D eigenvalue weighted by Gasteiger charge is -2.07. The summed E-state index contributed by atoms with van der Waals surface area (Å²) < 4.78 is 10.9. The van der Waals surface area contributed by atoms with Crippen LogP contribution in [0, 0.1) is 0 Å². The van der Waals surface area contributed by atoms with Crippen LogP contribution in [0.5, 0.6) is 0 Å². The van der Waals surface area contributed by atoms with Gasteiger partial charge in [-0.1, -0.05) is 18.2 Å².